The zero-order chi connectivity index (χ0) is 15.1. The molecule has 0 unspecified atom stereocenters. The molecule has 7 nitrogen and oxygen atoms in total. The first-order valence-electron chi connectivity index (χ1n) is 6.52. The van der Waals surface area contributed by atoms with Crippen LogP contribution < -0.4 is 11.3 Å². The average molecular weight is 280 g/mol. The van der Waals surface area contributed by atoms with Crippen molar-refractivity contribution in [2.45, 2.75) is 26.2 Å². The third kappa shape index (κ3) is 3.67. The summed E-state index contributed by atoms with van der Waals surface area (Å²) < 4.78 is 0. The van der Waals surface area contributed by atoms with E-state index in [4.69, 9.17) is 5.84 Å². The van der Waals surface area contributed by atoms with Gasteiger partial charge in [-0.25, -0.2) is 0 Å². The van der Waals surface area contributed by atoms with Gasteiger partial charge in [0.15, 0.2) is 0 Å². The molecule has 110 valence electrons. The number of nitrogens with two attached hydrogens (primary N) is 1. The lowest BCUT2D eigenvalue weighted by Crippen LogP contribution is -2.29. The summed E-state index contributed by atoms with van der Waals surface area (Å²) in [5.74, 6) is 5.04. The van der Waals surface area contributed by atoms with Crippen molar-refractivity contribution in [1.29, 1.82) is 0 Å². The molecule has 1 aromatic rings. The molecule has 0 aromatic heterocycles. The number of hydrazine groups is 1. The monoisotopic (exact) mass is 280 g/mol. The Morgan fingerprint density at radius 3 is 2.70 bits per heavy atom. The maximum atomic E-state index is 12.3. The number of anilines is 1. The molecule has 0 aliphatic carbocycles. The maximum absolute atomic E-state index is 12.3. The number of unbranched alkanes of at least 4 members (excludes halogenated alkanes) is 2. The van der Waals surface area contributed by atoms with Gasteiger partial charge in [-0.05, 0) is 12.5 Å². The van der Waals surface area contributed by atoms with Crippen molar-refractivity contribution in [3.63, 3.8) is 0 Å². The number of nitro benzene ring substituents is 1. The van der Waals surface area contributed by atoms with Gasteiger partial charge in [0.1, 0.15) is 5.69 Å². The molecule has 1 aromatic carbocycles. The Kier molecular flexibility index (Phi) is 5.92. The van der Waals surface area contributed by atoms with Gasteiger partial charge < -0.3 is 10.3 Å². The number of nitrogens with zero attached hydrogens (tertiary/aromatic N) is 2. The molecule has 0 saturated heterocycles. The Morgan fingerprint density at radius 1 is 1.45 bits per heavy atom. The van der Waals surface area contributed by atoms with Gasteiger partial charge in [0, 0.05) is 19.7 Å². The largest absolute Gasteiger partial charge is 0.342 e. The fourth-order valence-corrected chi connectivity index (χ4v) is 1.93. The summed E-state index contributed by atoms with van der Waals surface area (Å²) >= 11 is 0. The highest BCUT2D eigenvalue weighted by Gasteiger charge is 2.22. The molecule has 0 bridgehead atoms. The van der Waals surface area contributed by atoms with Crippen LogP contribution in [-0.2, 0) is 0 Å². The van der Waals surface area contributed by atoms with Crippen LogP contribution in [-0.4, -0.2) is 29.3 Å². The van der Waals surface area contributed by atoms with Crippen LogP contribution in [0.25, 0.3) is 0 Å². The standard InChI is InChI=1S/C13H20N4O3/c1-3-4-5-9-16(2)13(18)10-7-6-8-11(17(19)20)12(10)15-14/h6-8,15H,3-5,9,14H2,1-2H3. The second-order valence-corrected chi connectivity index (χ2v) is 4.53. The van der Waals surface area contributed by atoms with E-state index in [2.05, 4.69) is 12.3 Å². The Bertz CT molecular complexity index is 491. The number of hydrogen-bond donors (Lipinski definition) is 2. The lowest BCUT2D eigenvalue weighted by molar-refractivity contribution is -0.384. The van der Waals surface area contributed by atoms with Crippen LogP contribution in [0.5, 0.6) is 0 Å². The molecule has 20 heavy (non-hydrogen) atoms. The quantitative estimate of drug-likeness (QED) is 0.345. The summed E-state index contributed by atoms with van der Waals surface area (Å²) in [6, 6.07) is 4.32. The smallest absolute Gasteiger partial charge is 0.294 e. The summed E-state index contributed by atoms with van der Waals surface area (Å²) in [5.41, 5.74) is 2.31. The zero-order valence-electron chi connectivity index (χ0n) is 11.8. The van der Waals surface area contributed by atoms with E-state index in [0.29, 0.717) is 6.54 Å². The second-order valence-electron chi connectivity index (χ2n) is 4.53. The first kappa shape index (κ1) is 15.9. The van der Waals surface area contributed by atoms with Crippen LogP contribution in [0, 0.1) is 10.1 Å². The Balaban J connectivity index is 2.97. The summed E-state index contributed by atoms with van der Waals surface area (Å²) in [5, 5.41) is 10.9. The summed E-state index contributed by atoms with van der Waals surface area (Å²) in [6.45, 7) is 2.69. The summed E-state index contributed by atoms with van der Waals surface area (Å²) in [7, 11) is 1.68. The first-order chi connectivity index (χ1) is 9.52. The lowest BCUT2D eigenvalue weighted by atomic mass is 10.1. The minimum absolute atomic E-state index is 0.0461. The normalized spacial score (nSPS) is 10.2. The van der Waals surface area contributed by atoms with Crippen LogP contribution >= 0.6 is 0 Å². The number of nitrogen functional groups attached to an aromatic ring is 1. The lowest BCUT2D eigenvalue weighted by Gasteiger charge is -2.18. The molecule has 1 amide bonds. The van der Waals surface area contributed by atoms with Crippen molar-refractivity contribution in [1.82, 2.24) is 4.90 Å². The van der Waals surface area contributed by atoms with Crippen molar-refractivity contribution in [2.24, 2.45) is 5.84 Å². The van der Waals surface area contributed by atoms with E-state index in [-0.39, 0.29) is 22.8 Å². The molecule has 0 spiro atoms. The van der Waals surface area contributed by atoms with E-state index >= 15 is 0 Å². The average Bonchev–Trinajstić information content (AvgIpc) is 2.45. The minimum atomic E-state index is -0.566. The van der Waals surface area contributed by atoms with Crippen molar-refractivity contribution >= 4 is 17.3 Å². The molecule has 7 heteroatoms. The van der Waals surface area contributed by atoms with Crippen LogP contribution in [0.15, 0.2) is 18.2 Å². The van der Waals surface area contributed by atoms with E-state index in [1.54, 1.807) is 11.9 Å². The number of amides is 1. The number of carbonyl (C=O) groups is 1. The van der Waals surface area contributed by atoms with Crippen LogP contribution in [0.3, 0.4) is 0 Å². The molecule has 0 atom stereocenters. The number of nitrogens with one attached hydrogen (secondary N) is 1. The maximum Gasteiger partial charge on any atom is 0.294 e. The third-order valence-electron chi connectivity index (χ3n) is 3.06. The van der Waals surface area contributed by atoms with Gasteiger partial charge in [-0.2, -0.15) is 0 Å². The highest BCUT2D eigenvalue weighted by atomic mass is 16.6. The molecule has 0 heterocycles. The van der Waals surface area contributed by atoms with Gasteiger partial charge in [-0.3, -0.25) is 20.8 Å². The van der Waals surface area contributed by atoms with E-state index in [9.17, 15) is 14.9 Å². The van der Waals surface area contributed by atoms with Crippen LogP contribution in [0.4, 0.5) is 11.4 Å². The highest BCUT2D eigenvalue weighted by Crippen LogP contribution is 2.28. The molecule has 0 radical (unpaired) electrons. The Morgan fingerprint density at radius 2 is 2.15 bits per heavy atom. The van der Waals surface area contributed by atoms with Crippen LogP contribution in [0.2, 0.25) is 0 Å². The van der Waals surface area contributed by atoms with Gasteiger partial charge in [0.05, 0.1) is 10.5 Å². The third-order valence-corrected chi connectivity index (χ3v) is 3.06. The summed E-state index contributed by atoms with van der Waals surface area (Å²) in [4.78, 5) is 24.2. The molecule has 1 rings (SSSR count). The molecule has 0 saturated carbocycles. The predicted octanol–water partition coefficient (Wildman–Crippen LogP) is 2.14. The topological polar surface area (TPSA) is 102 Å². The number of carbonyl (C=O) groups excluding carboxylic acids is 1. The van der Waals surface area contributed by atoms with E-state index in [1.165, 1.54) is 18.2 Å². The van der Waals surface area contributed by atoms with Gasteiger partial charge >= 0.3 is 0 Å². The molecule has 3 N–H and O–H groups in total. The summed E-state index contributed by atoms with van der Waals surface area (Å²) in [6.07, 6.45) is 3.00. The number of nitro groups is 1. The van der Waals surface area contributed by atoms with Gasteiger partial charge in [0.25, 0.3) is 11.6 Å². The molecule has 0 aliphatic rings. The van der Waals surface area contributed by atoms with Crippen molar-refractivity contribution in [2.75, 3.05) is 19.0 Å². The van der Waals surface area contributed by atoms with Crippen molar-refractivity contribution in [3.05, 3.63) is 33.9 Å². The Hall–Kier alpha value is -2.15. The number of para-hydroxylation sites is 1. The Labute approximate surface area is 117 Å². The minimum Gasteiger partial charge on any atom is -0.342 e. The number of benzene rings is 1. The number of rotatable bonds is 7. The molecule has 0 aliphatic heterocycles. The van der Waals surface area contributed by atoms with E-state index in [1.807, 2.05) is 0 Å². The van der Waals surface area contributed by atoms with Crippen molar-refractivity contribution in [3.8, 4) is 0 Å². The fraction of sp³-hybridized carbons (Fsp3) is 0.462. The molecular weight excluding hydrogens is 260 g/mol. The van der Waals surface area contributed by atoms with E-state index in [0.717, 1.165) is 19.3 Å². The van der Waals surface area contributed by atoms with Gasteiger partial charge in [0.2, 0.25) is 0 Å². The highest BCUT2D eigenvalue weighted by molar-refractivity contribution is 6.01. The zero-order valence-corrected chi connectivity index (χ0v) is 11.8. The SMILES string of the molecule is CCCCCN(C)C(=O)c1cccc([N+](=O)[O-])c1NN. The predicted molar refractivity (Wildman–Crippen MR) is 77.4 cm³/mol. The second kappa shape index (κ2) is 7.44. The fourth-order valence-electron chi connectivity index (χ4n) is 1.93. The van der Waals surface area contributed by atoms with Crippen LogP contribution in [0.1, 0.15) is 36.5 Å². The van der Waals surface area contributed by atoms with Crippen molar-refractivity contribution < 1.29 is 9.72 Å². The van der Waals surface area contributed by atoms with Gasteiger partial charge in [-0.1, -0.05) is 25.8 Å². The molecular formula is C13H20N4O3. The first-order valence-corrected chi connectivity index (χ1v) is 6.52. The number of hydrogen-bond acceptors (Lipinski definition) is 5. The van der Waals surface area contributed by atoms with Gasteiger partial charge in [-0.15, -0.1) is 0 Å². The molecule has 0 fully saturated rings. The van der Waals surface area contributed by atoms with E-state index < -0.39 is 4.92 Å².